The van der Waals surface area contributed by atoms with E-state index in [4.69, 9.17) is 12.2 Å². The maximum Gasteiger partial charge on any atom is 0.176 e. The molecule has 0 aliphatic carbocycles. The summed E-state index contributed by atoms with van der Waals surface area (Å²) in [6.45, 7) is 3.11. The number of unbranched alkanes of at least 4 members (excludes halogenated alkanes) is 1. The second-order valence-corrected chi connectivity index (χ2v) is 8.83. The third-order valence-corrected chi connectivity index (χ3v) is 7.50. The fourth-order valence-electron chi connectivity index (χ4n) is 1.88. The summed E-state index contributed by atoms with van der Waals surface area (Å²) in [5.74, 6) is 0. The van der Waals surface area contributed by atoms with Crippen molar-refractivity contribution in [2.45, 2.75) is 19.8 Å². The molecule has 0 fully saturated rings. The highest BCUT2D eigenvalue weighted by Crippen LogP contribution is 2.45. The van der Waals surface area contributed by atoms with Crippen LogP contribution in [0.5, 0.6) is 0 Å². The number of thiocarbonyl (C=S) groups is 1. The molecule has 0 radical (unpaired) electrons. The van der Waals surface area contributed by atoms with Gasteiger partial charge in [0.15, 0.2) is 5.11 Å². The fraction of sp³-hybridized carbons (Fsp3) is 0.235. The van der Waals surface area contributed by atoms with E-state index >= 15 is 0 Å². The summed E-state index contributed by atoms with van der Waals surface area (Å²) >= 11 is 7.06. The molecular weight excluding hydrogens is 327 g/mol. The SMILES string of the molecule is CCCCNC(=S)NSP(c1ccccc1)c1ccccc1. The summed E-state index contributed by atoms with van der Waals surface area (Å²) < 4.78 is 3.30. The second kappa shape index (κ2) is 9.83. The molecule has 0 aliphatic heterocycles. The maximum absolute atomic E-state index is 5.35. The number of hydrogen-bond donors (Lipinski definition) is 2. The monoisotopic (exact) mass is 348 g/mol. The lowest BCUT2D eigenvalue weighted by molar-refractivity contribution is 0.754. The van der Waals surface area contributed by atoms with Crippen molar-refractivity contribution in [1.82, 2.24) is 10.0 Å². The van der Waals surface area contributed by atoms with Gasteiger partial charge >= 0.3 is 0 Å². The third-order valence-electron chi connectivity index (χ3n) is 3.03. The van der Waals surface area contributed by atoms with Crippen LogP contribution in [0, 0.1) is 0 Å². The third kappa shape index (κ3) is 5.60. The Kier molecular flexibility index (Phi) is 7.72. The van der Waals surface area contributed by atoms with Gasteiger partial charge in [0.05, 0.1) is 0 Å². The highest BCUT2D eigenvalue weighted by Gasteiger charge is 2.15. The van der Waals surface area contributed by atoms with Crippen molar-refractivity contribution in [3.8, 4) is 0 Å². The number of benzene rings is 2. The molecule has 2 aromatic rings. The van der Waals surface area contributed by atoms with E-state index in [1.807, 2.05) is 0 Å². The largest absolute Gasteiger partial charge is 0.362 e. The Morgan fingerprint density at radius 3 is 2.05 bits per heavy atom. The van der Waals surface area contributed by atoms with E-state index in [1.54, 1.807) is 11.6 Å². The molecule has 116 valence electrons. The normalized spacial score (nSPS) is 10.5. The highest BCUT2D eigenvalue weighted by atomic mass is 32.7. The van der Waals surface area contributed by atoms with Gasteiger partial charge in [0.2, 0.25) is 0 Å². The molecule has 0 heterocycles. The molecule has 0 atom stereocenters. The average molecular weight is 348 g/mol. The lowest BCUT2D eigenvalue weighted by Crippen LogP contribution is -2.32. The van der Waals surface area contributed by atoms with E-state index in [9.17, 15) is 0 Å². The maximum atomic E-state index is 5.35. The lowest BCUT2D eigenvalue weighted by atomic mass is 10.3. The Labute approximate surface area is 143 Å². The molecule has 22 heavy (non-hydrogen) atoms. The highest BCUT2D eigenvalue weighted by molar-refractivity contribution is 8.59. The molecular formula is C17H21N2PS2. The van der Waals surface area contributed by atoms with Crippen LogP contribution >= 0.6 is 30.9 Å². The summed E-state index contributed by atoms with van der Waals surface area (Å²) in [6.07, 6.45) is 2.31. The minimum absolute atomic E-state index is 0.524. The molecule has 0 unspecified atom stereocenters. The van der Waals surface area contributed by atoms with E-state index in [1.165, 1.54) is 17.0 Å². The van der Waals surface area contributed by atoms with E-state index in [2.05, 4.69) is 77.6 Å². The molecule has 0 saturated carbocycles. The van der Waals surface area contributed by atoms with Crippen LogP contribution in [0.2, 0.25) is 0 Å². The van der Waals surface area contributed by atoms with Crippen LogP contribution in [-0.2, 0) is 0 Å². The van der Waals surface area contributed by atoms with Crippen LogP contribution in [0.4, 0.5) is 0 Å². The molecule has 0 bridgehead atoms. The summed E-state index contributed by atoms with van der Waals surface area (Å²) in [7, 11) is -0.524. The Morgan fingerprint density at radius 1 is 1.00 bits per heavy atom. The minimum atomic E-state index is -0.524. The van der Waals surface area contributed by atoms with Crippen LogP contribution in [0.15, 0.2) is 60.7 Å². The van der Waals surface area contributed by atoms with Crippen LogP contribution in [0.25, 0.3) is 0 Å². The zero-order valence-corrected chi connectivity index (χ0v) is 15.2. The van der Waals surface area contributed by atoms with Crippen LogP contribution < -0.4 is 20.6 Å². The van der Waals surface area contributed by atoms with Crippen LogP contribution in [0.3, 0.4) is 0 Å². The summed E-state index contributed by atoms with van der Waals surface area (Å²) in [5, 5.41) is 6.63. The van der Waals surface area contributed by atoms with Gasteiger partial charge in [-0.1, -0.05) is 74.0 Å². The molecule has 0 spiro atoms. The molecule has 0 amide bonds. The predicted octanol–water partition coefficient (Wildman–Crippen LogP) is 3.95. The molecule has 0 aliphatic rings. The first-order valence-electron chi connectivity index (χ1n) is 7.42. The molecule has 2 rings (SSSR count). The van der Waals surface area contributed by atoms with Crippen molar-refractivity contribution in [3.05, 3.63) is 60.7 Å². The quantitative estimate of drug-likeness (QED) is 0.342. The van der Waals surface area contributed by atoms with E-state index in [0.29, 0.717) is 0 Å². The zero-order valence-electron chi connectivity index (χ0n) is 12.7. The Hall–Kier alpha value is -1.09. The first-order valence-corrected chi connectivity index (χ1v) is 10.6. The van der Waals surface area contributed by atoms with Gasteiger partial charge in [0, 0.05) is 13.7 Å². The summed E-state index contributed by atoms with van der Waals surface area (Å²) in [6, 6.07) is 21.2. The van der Waals surface area contributed by atoms with Crippen molar-refractivity contribution in [1.29, 1.82) is 0 Å². The van der Waals surface area contributed by atoms with E-state index in [-0.39, 0.29) is 0 Å². The van der Waals surface area contributed by atoms with Crippen molar-refractivity contribution < 1.29 is 0 Å². The Bertz CT molecular complexity index is 524. The molecule has 0 saturated heterocycles. The Morgan fingerprint density at radius 2 is 1.55 bits per heavy atom. The van der Waals surface area contributed by atoms with Gasteiger partial charge in [-0.3, -0.25) is 0 Å². The van der Waals surface area contributed by atoms with Gasteiger partial charge in [-0.05, 0) is 40.8 Å². The van der Waals surface area contributed by atoms with Gasteiger partial charge in [-0.15, -0.1) is 0 Å². The van der Waals surface area contributed by atoms with Gasteiger partial charge in [-0.25, -0.2) is 0 Å². The molecule has 5 heteroatoms. The van der Waals surface area contributed by atoms with Crippen molar-refractivity contribution in [2.75, 3.05) is 6.54 Å². The average Bonchev–Trinajstić information content (AvgIpc) is 2.57. The van der Waals surface area contributed by atoms with E-state index in [0.717, 1.165) is 18.1 Å². The lowest BCUT2D eigenvalue weighted by Gasteiger charge is -2.19. The number of nitrogens with one attached hydrogen (secondary N) is 2. The molecule has 2 N–H and O–H groups in total. The van der Waals surface area contributed by atoms with E-state index < -0.39 is 7.12 Å². The molecule has 0 aromatic heterocycles. The fourth-order valence-corrected chi connectivity index (χ4v) is 5.85. The number of hydrogen-bond acceptors (Lipinski definition) is 2. The molecule has 2 nitrogen and oxygen atoms in total. The smallest absolute Gasteiger partial charge is 0.176 e. The standard InChI is InChI=1S/C17H21N2PS2/c1-2-3-14-18-17(21)19-22-20(15-10-6-4-7-11-15)16-12-8-5-9-13-16/h4-13H,2-3,14H2,1H3,(H2,18,19,21). The van der Waals surface area contributed by atoms with Crippen molar-refractivity contribution >= 4 is 46.6 Å². The van der Waals surface area contributed by atoms with Gasteiger partial charge < -0.3 is 10.0 Å². The van der Waals surface area contributed by atoms with Crippen molar-refractivity contribution in [2.24, 2.45) is 0 Å². The summed E-state index contributed by atoms with van der Waals surface area (Å²) in [4.78, 5) is 0. The number of rotatable bonds is 7. The predicted molar refractivity (Wildman–Crippen MR) is 105 cm³/mol. The second-order valence-electron chi connectivity index (χ2n) is 4.77. The van der Waals surface area contributed by atoms with Gasteiger partial charge in [0.1, 0.15) is 0 Å². The first-order chi connectivity index (χ1) is 10.8. The van der Waals surface area contributed by atoms with Gasteiger partial charge in [0.25, 0.3) is 0 Å². The van der Waals surface area contributed by atoms with Gasteiger partial charge in [-0.2, -0.15) is 0 Å². The summed E-state index contributed by atoms with van der Waals surface area (Å²) in [5.41, 5.74) is 0. The first kappa shape index (κ1) is 17.3. The van der Waals surface area contributed by atoms with Crippen LogP contribution in [-0.4, -0.2) is 11.7 Å². The molecule has 2 aromatic carbocycles. The van der Waals surface area contributed by atoms with Crippen molar-refractivity contribution in [3.63, 3.8) is 0 Å². The topological polar surface area (TPSA) is 24.1 Å². The zero-order chi connectivity index (χ0) is 15.6. The van der Waals surface area contributed by atoms with Crippen LogP contribution in [0.1, 0.15) is 19.8 Å². The minimum Gasteiger partial charge on any atom is -0.362 e. The Balaban J connectivity index is 2.02.